The van der Waals surface area contributed by atoms with E-state index in [9.17, 15) is 0 Å². The maximum atomic E-state index is 6.06. The third-order valence-electron chi connectivity index (χ3n) is 4.45. The molecule has 0 aliphatic rings. The van der Waals surface area contributed by atoms with Gasteiger partial charge in [0, 0.05) is 10.6 Å². The smallest absolute Gasteiger partial charge is 0.166 e. The Labute approximate surface area is 194 Å². The molecule has 2 N–H and O–H groups in total. The molecule has 0 amide bonds. The Hall–Kier alpha value is -3.30. The van der Waals surface area contributed by atoms with Gasteiger partial charge in [-0.25, -0.2) is 4.68 Å². The highest BCUT2D eigenvalue weighted by atomic mass is 35.5. The van der Waals surface area contributed by atoms with Gasteiger partial charge in [0.05, 0.1) is 17.6 Å². The highest BCUT2D eigenvalue weighted by Gasteiger charge is 2.12. The van der Waals surface area contributed by atoms with Gasteiger partial charge in [0.2, 0.25) is 0 Å². The SMILES string of the molecule is NSOOc1ccc(-n2nc(/C=N/OCc3ccccc3)cc2-c2ccc(Cl)cc2)cc1. The van der Waals surface area contributed by atoms with Crippen molar-refractivity contribution in [3.8, 4) is 22.7 Å². The fourth-order valence-corrected chi connectivity index (χ4v) is 3.21. The van der Waals surface area contributed by atoms with Crippen LogP contribution in [0.3, 0.4) is 0 Å². The third kappa shape index (κ3) is 5.68. The van der Waals surface area contributed by atoms with Crippen LogP contribution < -0.4 is 10.0 Å². The molecule has 0 radical (unpaired) electrons. The zero-order valence-electron chi connectivity index (χ0n) is 16.8. The number of benzene rings is 3. The summed E-state index contributed by atoms with van der Waals surface area (Å²) in [4.78, 5) is 10.5. The van der Waals surface area contributed by atoms with Crippen LogP contribution in [-0.4, -0.2) is 16.0 Å². The predicted molar refractivity (Wildman–Crippen MR) is 126 cm³/mol. The van der Waals surface area contributed by atoms with Crippen LogP contribution >= 0.6 is 23.8 Å². The quantitative estimate of drug-likeness (QED) is 0.114. The Morgan fingerprint density at radius 1 is 1.00 bits per heavy atom. The van der Waals surface area contributed by atoms with E-state index >= 15 is 0 Å². The average Bonchev–Trinajstić information content (AvgIpc) is 3.26. The molecule has 0 saturated heterocycles. The summed E-state index contributed by atoms with van der Waals surface area (Å²) in [6, 6.07) is 26.5. The first-order valence-electron chi connectivity index (χ1n) is 9.59. The lowest BCUT2D eigenvalue weighted by atomic mass is 10.1. The van der Waals surface area contributed by atoms with Gasteiger partial charge in [0.1, 0.15) is 24.5 Å². The summed E-state index contributed by atoms with van der Waals surface area (Å²) in [5.41, 5.74) is 4.33. The highest BCUT2D eigenvalue weighted by molar-refractivity contribution is 7.92. The molecule has 0 unspecified atom stereocenters. The van der Waals surface area contributed by atoms with Crippen LogP contribution in [0, 0.1) is 0 Å². The number of hydrogen-bond acceptors (Lipinski definition) is 7. The fourth-order valence-electron chi connectivity index (χ4n) is 2.96. The second-order valence-electron chi connectivity index (χ2n) is 6.61. The average molecular weight is 467 g/mol. The molecule has 32 heavy (non-hydrogen) atoms. The molecular weight excluding hydrogens is 448 g/mol. The molecule has 1 heterocycles. The van der Waals surface area contributed by atoms with Gasteiger partial charge in [-0.3, -0.25) is 5.14 Å². The van der Waals surface area contributed by atoms with E-state index < -0.39 is 0 Å². The lowest BCUT2D eigenvalue weighted by Crippen LogP contribution is -2.00. The minimum absolute atomic E-state index is 0.382. The van der Waals surface area contributed by atoms with Gasteiger partial charge in [-0.05, 0) is 48.0 Å². The van der Waals surface area contributed by atoms with Crippen molar-refractivity contribution in [2.75, 3.05) is 0 Å². The Kier molecular flexibility index (Phi) is 7.42. The number of oxime groups is 1. The summed E-state index contributed by atoms with van der Waals surface area (Å²) in [6.07, 6.45) is 1.59. The second kappa shape index (κ2) is 10.8. The van der Waals surface area contributed by atoms with Crippen LogP contribution in [0.25, 0.3) is 16.9 Å². The van der Waals surface area contributed by atoms with Crippen molar-refractivity contribution >= 4 is 30.0 Å². The fraction of sp³-hybridized carbons (Fsp3) is 0.0435. The lowest BCUT2D eigenvalue weighted by molar-refractivity contribution is -0.0777. The molecule has 0 saturated carbocycles. The van der Waals surface area contributed by atoms with Gasteiger partial charge >= 0.3 is 0 Å². The molecular formula is C23H19ClN4O3S. The number of halogens is 1. The molecule has 0 atom stereocenters. The summed E-state index contributed by atoms with van der Waals surface area (Å²) in [7, 11) is 0. The second-order valence-corrected chi connectivity index (χ2v) is 7.37. The molecule has 0 bridgehead atoms. The van der Waals surface area contributed by atoms with Gasteiger partial charge in [-0.1, -0.05) is 63.6 Å². The van der Waals surface area contributed by atoms with E-state index in [1.807, 2.05) is 77.5 Å². The number of rotatable bonds is 9. The molecule has 1 aromatic heterocycles. The summed E-state index contributed by atoms with van der Waals surface area (Å²) < 4.78 is 6.50. The zero-order valence-corrected chi connectivity index (χ0v) is 18.4. The Balaban J connectivity index is 1.58. The van der Waals surface area contributed by atoms with Crippen LogP contribution in [0.1, 0.15) is 11.3 Å². The number of aromatic nitrogens is 2. The molecule has 4 rings (SSSR count). The van der Waals surface area contributed by atoms with Crippen molar-refractivity contribution in [2.45, 2.75) is 6.61 Å². The first-order valence-corrected chi connectivity index (χ1v) is 10.8. The van der Waals surface area contributed by atoms with Gasteiger partial charge in [-0.15, -0.1) is 0 Å². The molecule has 3 aromatic carbocycles. The van der Waals surface area contributed by atoms with Gasteiger partial charge < -0.3 is 9.73 Å². The maximum absolute atomic E-state index is 6.06. The van der Waals surface area contributed by atoms with E-state index in [0.717, 1.165) is 22.5 Å². The van der Waals surface area contributed by atoms with E-state index in [1.54, 1.807) is 18.3 Å². The van der Waals surface area contributed by atoms with E-state index in [2.05, 4.69) is 14.6 Å². The molecule has 0 aliphatic heterocycles. The van der Waals surface area contributed by atoms with E-state index in [4.69, 9.17) is 26.5 Å². The first-order chi connectivity index (χ1) is 15.7. The van der Waals surface area contributed by atoms with Crippen molar-refractivity contribution < 1.29 is 14.1 Å². The van der Waals surface area contributed by atoms with E-state index in [0.29, 0.717) is 35.3 Å². The van der Waals surface area contributed by atoms with Crippen LogP contribution in [0.4, 0.5) is 0 Å². The Morgan fingerprint density at radius 3 is 2.47 bits per heavy atom. The van der Waals surface area contributed by atoms with Crippen molar-refractivity contribution in [3.05, 3.63) is 101 Å². The largest absolute Gasteiger partial charge is 0.391 e. The third-order valence-corrected chi connectivity index (χ3v) is 4.85. The standard InChI is InChI=1S/C23H19ClN4O3S/c24-19-8-6-18(7-9-19)23-14-20(15-26-29-16-17-4-2-1-3-5-17)27-28(23)21-10-12-22(13-11-21)30-31-32-25/h1-15H,16,25H2/b26-15+. The van der Waals surface area contributed by atoms with Crippen LogP contribution in [0.2, 0.25) is 5.02 Å². The molecule has 0 aliphatic carbocycles. The molecule has 7 nitrogen and oxygen atoms in total. The van der Waals surface area contributed by atoms with E-state index in [1.165, 1.54) is 0 Å². The Morgan fingerprint density at radius 2 is 1.75 bits per heavy atom. The molecule has 0 fully saturated rings. The van der Waals surface area contributed by atoms with Gasteiger partial charge in [0.25, 0.3) is 0 Å². The van der Waals surface area contributed by atoms with Crippen molar-refractivity contribution in [3.63, 3.8) is 0 Å². The van der Waals surface area contributed by atoms with Gasteiger partial charge in [0.15, 0.2) is 5.75 Å². The van der Waals surface area contributed by atoms with Crippen LogP contribution in [-0.2, 0) is 15.8 Å². The summed E-state index contributed by atoms with van der Waals surface area (Å²) in [5.74, 6) is 0.517. The summed E-state index contributed by atoms with van der Waals surface area (Å²) in [6.45, 7) is 0.382. The number of nitrogens with zero attached hydrogens (tertiary/aromatic N) is 3. The summed E-state index contributed by atoms with van der Waals surface area (Å²) >= 11 is 6.69. The lowest BCUT2D eigenvalue weighted by Gasteiger charge is -2.08. The molecule has 4 aromatic rings. The van der Waals surface area contributed by atoms with Crippen molar-refractivity contribution in [2.24, 2.45) is 10.3 Å². The monoisotopic (exact) mass is 466 g/mol. The normalized spacial score (nSPS) is 11.1. The molecule has 162 valence electrons. The summed E-state index contributed by atoms with van der Waals surface area (Å²) in [5, 5.41) is 14.6. The van der Waals surface area contributed by atoms with E-state index in [-0.39, 0.29) is 0 Å². The first kappa shape index (κ1) is 21.9. The highest BCUT2D eigenvalue weighted by Crippen LogP contribution is 2.26. The maximum Gasteiger partial charge on any atom is 0.166 e. The topological polar surface area (TPSA) is 83.9 Å². The number of hydrogen-bond donors (Lipinski definition) is 1. The minimum Gasteiger partial charge on any atom is -0.391 e. The van der Waals surface area contributed by atoms with Crippen LogP contribution in [0.15, 0.2) is 90.1 Å². The predicted octanol–water partition coefficient (Wildman–Crippen LogP) is 5.58. The van der Waals surface area contributed by atoms with Crippen molar-refractivity contribution in [1.29, 1.82) is 0 Å². The molecule has 9 heteroatoms. The molecule has 0 spiro atoms. The minimum atomic E-state index is 0.382. The zero-order chi connectivity index (χ0) is 22.2. The van der Waals surface area contributed by atoms with Crippen LogP contribution in [0.5, 0.6) is 5.75 Å². The Bertz CT molecular complexity index is 1170. The van der Waals surface area contributed by atoms with Gasteiger partial charge in [-0.2, -0.15) is 5.10 Å². The van der Waals surface area contributed by atoms with Crippen molar-refractivity contribution in [1.82, 2.24) is 9.78 Å². The number of nitrogens with two attached hydrogens (primary N) is 1.